The first-order chi connectivity index (χ1) is 8.47. The van der Waals surface area contributed by atoms with Crippen molar-refractivity contribution >= 4 is 28.9 Å². The maximum absolute atomic E-state index is 5.94. The highest BCUT2D eigenvalue weighted by atomic mass is 35.5. The van der Waals surface area contributed by atoms with Crippen LogP contribution < -0.4 is 10.5 Å². The van der Waals surface area contributed by atoms with Gasteiger partial charge in [-0.05, 0) is 43.2 Å². The standard InChI is InChI=1S/C14H13Cl2NO/c1-8-3-4-10(5-9(8)2)18-14-7-12(16)11(15)6-13(14)17/h3-7H,17H2,1-2H3. The van der Waals surface area contributed by atoms with Crippen molar-refractivity contribution in [2.24, 2.45) is 0 Å². The summed E-state index contributed by atoms with van der Waals surface area (Å²) in [5.41, 5.74) is 8.67. The van der Waals surface area contributed by atoms with Crippen LogP contribution in [0.5, 0.6) is 11.5 Å². The summed E-state index contributed by atoms with van der Waals surface area (Å²) >= 11 is 11.8. The minimum atomic E-state index is 0.418. The summed E-state index contributed by atoms with van der Waals surface area (Å²) in [7, 11) is 0. The number of hydrogen-bond acceptors (Lipinski definition) is 2. The number of hydrogen-bond donors (Lipinski definition) is 1. The molecule has 0 aliphatic rings. The van der Waals surface area contributed by atoms with Gasteiger partial charge in [0.15, 0.2) is 5.75 Å². The predicted molar refractivity (Wildman–Crippen MR) is 76.9 cm³/mol. The second kappa shape index (κ2) is 5.09. The first-order valence-electron chi connectivity index (χ1n) is 5.47. The number of rotatable bonds is 2. The molecule has 0 bridgehead atoms. The van der Waals surface area contributed by atoms with Crippen LogP contribution in [0, 0.1) is 13.8 Å². The molecule has 94 valence electrons. The Kier molecular flexibility index (Phi) is 3.69. The molecule has 0 aromatic heterocycles. The van der Waals surface area contributed by atoms with Gasteiger partial charge >= 0.3 is 0 Å². The lowest BCUT2D eigenvalue weighted by Gasteiger charge is -2.11. The molecule has 0 atom stereocenters. The Morgan fingerprint density at radius 1 is 0.944 bits per heavy atom. The summed E-state index contributed by atoms with van der Waals surface area (Å²) in [5, 5.41) is 0.839. The van der Waals surface area contributed by atoms with Crippen LogP contribution >= 0.6 is 23.2 Å². The molecule has 0 saturated heterocycles. The van der Waals surface area contributed by atoms with Crippen molar-refractivity contribution in [1.82, 2.24) is 0 Å². The van der Waals surface area contributed by atoms with Crippen molar-refractivity contribution in [1.29, 1.82) is 0 Å². The van der Waals surface area contributed by atoms with Crippen molar-refractivity contribution < 1.29 is 4.74 Å². The molecular formula is C14H13Cl2NO. The molecule has 0 aliphatic heterocycles. The topological polar surface area (TPSA) is 35.2 Å². The molecule has 0 heterocycles. The fraction of sp³-hybridized carbons (Fsp3) is 0.143. The molecule has 2 aromatic rings. The molecular weight excluding hydrogens is 269 g/mol. The van der Waals surface area contributed by atoms with Crippen molar-refractivity contribution in [3.05, 3.63) is 51.5 Å². The zero-order valence-corrected chi connectivity index (χ0v) is 11.6. The molecule has 0 saturated carbocycles. The fourth-order valence-corrected chi connectivity index (χ4v) is 1.86. The largest absolute Gasteiger partial charge is 0.455 e. The number of ether oxygens (including phenoxy) is 1. The fourth-order valence-electron chi connectivity index (χ4n) is 1.54. The van der Waals surface area contributed by atoms with Gasteiger partial charge < -0.3 is 10.5 Å². The van der Waals surface area contributed by atoms with Gasteiger partial charge in [0, 0.05) is 6.07 Å². The molecule has 18 heavy (non-hydrogen) atoms. The molecule has 2 nitrogen and oxygen atoms in total. The average molecular weight is 282 g/mol. The van der Waals surface area contributed by atoms with Gasteiger partial charge in [-0.2, -0.15) is 0 Å². The van der Waals surface area contributed by atoms with Gasteiger partial charge in [-0.25, -0.2) is 0 Å². The van der Waals surface area contributed by atoms with E-state index in [0.717, 1.165) is 11.3 Å². The Bertz CT molecular complexity index is 597. The van der Waals surface area contributed by atoms with Gasteiger partial charge in [0.2, 0.25) is 0 Å². The smallest absolute Gasteiger partial charge is 0.151 e. The summed E-state index contributed by atoms with van der Waals surface area (Å²) in [4.78, 5) is 0. The number of nitrogen functional groups attached to an aromatic ring is 1. The van der Waals surface area contributed by atoms with Crippen molar-refractivity contribution in [2.45, 2.75) is 13.8 Å². The van der Waals surface area contributed by atoms with Gasteiger partial charge in [-0.15, -0.1) is 0 Å². The van der Waals surface area contributed by atoms with E-state index in [2.05, 4.69) is 0 Å². The highest BCUT2D eigenvalue weighted by Crippen LogP contribution is 2.35. The van der Waals surface area contributed by atoms with E-state index >= 15 is 0 Å². The van der Waals surface area contributed by atoms with Crippen molar-refractivity contribution in [2.75, 3.05) is 5.73 Å². The lowest BCUT2D eigenvalue weighted by atomic mass is 10.1. The van der Waals surface area contributed by atoms with Crippen LogP contribution in [-0.4, -0.2) is 0 Å². The lowest BCUT2D eigenvalue weighted by Crippen LogP contribution is -1.93. The molecule has 0 spiro atoms. The Morgan fingerprint density at radius 3 is 2.28 bits per heavy atom. The summed E-state index contributed by atoms with van der Waals surface area (Å²) in [6.07, 6.45) is 0. The number of anilines is 1. The minimum absolute atomic E-state index is 0.418. The zero-order chi connectivity index (χ0) is 13.3. The average Bonchev–Trinajstić information content (AvgIpc) is 2.31. The van der Waals surface area contributed by atoms with Crippen molar-refractivity contribution in [3.8, 4) is 11.5 Å². The van der Waals surface area contributed by atoms with Crippen LogP contribution in [0.3, 0.4) is 0 Å². The van der Waals surface area contributed by atoms with Gasteiger partial charge in [0.1, 0.15) is 5.75 Å². The Morgan fingerprint density at radius 2 is 1.61 bits per heavy atom. The molecule has 2 aromatic carbocycles. The first-order valence-corrected chi connectivity index (χ1v) is 6.22. The van der Waals surface area contributed by atoms with Crippen LogP contribution in [0.25, 0.3) is 0 Å². The molecule has 0 radical (unpaired) electrons. The minimum Gasteiger partial charge on any atom is -0.455 e. The second-order valence-corrected chi connectivity index (χ2v) is 4.97. The van der Waals surface area contributed by atoms with Gasteiger partial charge in [0.25, 0.3) is 0 Å². The quantitative estimate of drug-likeness (QED) is 0.788. The van der Waals surface area contributed by atoms with Gasteiger partial charge in [0.05, 0.1) is 15.7 Å². The van der Waals surface area contributed by atoms with E-state index in [9.17, 15) is 0 Å². The SMILES string of the molecule is Cc1ccc(Oc2cc(Cl)c(Cl)cc2N)cc1C. The lowest BCUT2D eigenvalue weighted by molar-refractivity contribution is 0.484. The summed E-state index contributed by atoms with van der Waals surface area (Å²) < 4.78 is 5.71. The van der Waals surface area contributed by atoms with Crippen LogP contribution in [0.2, 0.25) is 10.0 Å². The van der Waals surface area contributed by atoms with E-state index in [0.29, 0.717) is 21.5 Å². The molecule has 0 fully saturated rings. The van der Waals surface area contributed by atoms with E-state index < -0.39 is 0 Å². The number of halogens is 2. The van der Waals surface area contributed by atoms with E-state index in [4.69, 9.17) is 33.7 Å². The third-order valence-electron chi connectivity index (χ3n) is 2.76. The molecule has 2 rings (SSSR count). The normalized spacial score (nSPS) is 10.4. The van der Waals surface area contributed by atoms with Crippen LogP contribution in [-0.2, 0) is 0 Å². The summed E-state index contributed by atoms with van der Waals surface area (Å²) in [5.74, 6) is 1.23. The summed E-state index contributed by atoms with van der Waals surface area (Å²) in [6, 6.07) is 9.05. The maximum atomic E-state index is 5.94. The van der Waals surface area contributed by atoms with E-state index in [1.165, 1.54) is 5.56 Å². The third-order valence-corrected chi connectivity index (χ3v) is 3.48. The van der Waals surface area contributed by atoms with Crippen molar-refractivity contribution in [3.63, 3.8) is 0 Å². The van der Waals surface area contributed by atoms with E-state index in [-0.39, 0.29) is 0 Å². The van der Waals surface area contributed by atoms with Gasteiger partial charge in [-0.3, -0.25) is 0 Å². The highest BCUT2D eigenvalue weighted by molar-refractivity contribution is 6.42. The molecule has 4 heteroatoms. The van der Waals surface area contributed by atoms with Crippen LogP contribution in [0.1, 0.15) is 11.1 Å². The zero-order valence-electron chi connectivity index (χ0n) is 10.1. The third kappa shape index (κ3) is 2.71. The predicted octanol–water partition coefficient (Wildman–Crippen LogP) is 4.98. The number of aryl methyl sites for hydroxylation is 2. The molecule has 2 N–H and O–H groups in total. The molecule has 0 unspecified atom stereocenters. The Labute approximate surface area is 116 Å². The maximum Gasteiger partial charge on any atom is 0.151 e. The van der Waals surface area contributed by atoms with E-state index in [1.807, 2.05) is 32.0 Å². The van der Waals surface area contributed by atoms with Crippen LogP contribution in [0.4, 0.5) is 5.69 Å². The highest BCUT2D eigenvalue weighted by Gasteiger charge is 2.07. The van der Waals surface area contributed by atoms with E-state index in [1.54, 1.807) is 12.1 Å². The van der Waals surface area contributed by atoms with Gasteiger partial charge in [-0.1, -0.05) is 29.3 Å². The second-order valence-electron chi connectivity index (χ2n) is 4.15. The molecule has 0 amide bonds. The molecule has 0 aliphatic carbocycles. The first kappa shape index (κ1) is 13.1. The summed E-state index contributed by atoms with van der Waals surface area (Å²) in [6.45, 7) is 4.08. The Balaban J connectivity index is 2.34. The number of benzene rings is 2. The Hall–Kier alpha value is -1.38. The monoisotopic (exact) mass is 281 g/mol. The van der Waals surface area contributed by atoms with Crippen LogP contribution in [0.15, 0.2) is 30.3 Å². The number of nitrogens with two attached hydrogens (primary N) is 1.